The monoisotopic (exact) mass is 316 g/mol. The Hall–Kier alpha value is -2.01. The van der Waals surface area contributed by atoms with Gasteiger partial charge in [-0.15, -0.1) is 0 Å². The first-order valence-electron chi connectivity index (χ1n) is 8.07. The molecule has 0 saturated heterocycles. The number of halogens is 1. The van der Waals surface area contributed by atoms with Crippen LogP contribution in [0.5, 0.6) is 0 Å². The number of benzene rings is 1. The third kappa shape index (κ3) is 3.34. The molecule has 1 heterocycles. The summed E-state index contributed by atoms with van der Waals surface area (Å²) in [6.45, 7) is 1.88. The topological polar surface area (TPSA) is 62.2 Å². The van der Waals surface area contributed by atoms with E-state index in [1.54, 1.807) is 19.1 Å². The van der Waals surface area contributed by atoms with Crippen molar-refractivity contribution < 1.29 is 14.3 Å². The molecular weight excluding hydrogens is 295 g/mol. The zero-order chi connectivity index (χ0) is 16.4. The molecule has 2 N–H and O–H groups in total. The molecule has 1 aliphatic carbocycles. The van der Waals surface area contributed by atoms with Crippen molar-refractivity contribution in [3.8, 4) is 0 Å². The van der Waals surface area contributed by atoms with Crippen molar-refractivity contribution in [3.05, 3.63) is 41.3 Å². The molecule has 3 rings (SSSR count). The van der Waals surface area contributed by atoms with Crippen molar-refractivity contribution in [2.75, 3.05) is 6.61 Å². The van der Waals surface area contributed by atoms with Crippen molar-refractivity contribution in [1.82, 2.24) is 10.3 Å². The minimum absolute atomic E-state index is 0.00906. The van der Waals surface area contributed by atoms with Gasteiger partial charge in [-0.1, -0.05) is 12.8 Å². The van der Waals surface area contributed by atoms with Gasteiger partial charge in [0, 0.05) is 35.7 Å². The van der Waals surface area contributed by atoms with Crippen LogP contribution in [0.1, 0.15) is 41.7 Å². The molecule has 4 nitrogen and oxygen atoms in total. The first-order chi connectivity index (χ1) is 11.1. The van der Waals surface area contributed by atoms with Gasteiger partial charge in [0.1, 0.15) is 5.82 Å². The number of pyridine rings is 1. The number of fused-ring (bicyclic) bond motifs is 1. The molecule has 122 valence electrons. The Morgan fingerprint density at radius 1 is 1.35 bits per heavy atom. The maximum Gasteiger partial charge on any atom is 0.252 e. The fourth-order valence-electron chi connectivity index (χ4n) is 3.38. The molecular formula is C18H21FN2O2. The van der Waals surface area contributed by atoms with Crippen LogP contribution in [0.15, 0.2) is 24.3 Å². The highest BCUT2D eigenvalue weighted by Crippen LogP contribution is 2.25. The highest BCUT2D eigenvalue weighted by molar-refractivity contribution is 6.06. The number of hydrogen-bond donors (Lipinski definition) is 2. The number of carbonyl (C=O) groups is 1. The first kappa shape index (κ1) is 15.9. The number of hydrogen-bond acceptors (Lipinski definition) is 3. The standard InChI is InChI=1S/C18H21FN2O2/c1-11-8-15(14-7-6-13(19)9-17(14)20-11)18(23)21-16-5-3-2-4-12(16)10-22/h6-9,12,16,22H,2-5,10H2,1H3,(H,21,23). The van der Waals surface area contributed by atoms with E-state index in [9.17, 15) is 14.3 Å². The van der Waals surface area contributed by atoms with Gasteiger partial charge in [-0.05, 0) is 38.0 Å². The van der Waals surface area contributed by atoms with Crippen LogP contribution in [0.3, 0.4) is 0 Å². The lowest BCUT2D eigenvalue weighted by Gasteiger charge is -2.31. The molecule has 0 bridgehead atoms. The smallest absolute Gasteiger partial charge is 0.252 e. The largest absolute Gasteiger partial charge is 0.396 e. The molecule has 1 fully saturated rings. The molecule has 2 aromatic rings. The predicted molar refractivity (Wildman–Crippen MR) is 86.7 cm³/mol. The van der Waals surface area contributed by atoms with Crippen molar-refractivity contribution in [2.45, 2.75) is 38.6 Å². The highest BCUT2D eigenvalue weighted by Gasteiger charge is 2.26. The lowest BCUT2D eigenvalue weighted by atomic mass is 9.85. The molecule has 2 atom stereocenters. The van der Waals surface area contributed by atoms with Crippen LogP contribution in [0.4, 0.5) is 4.39 Å². The second-order valence-electron chi connectivity index (χ2n) is 6.28. The van der Waals surface area contributed by atoms with E-state index in [1.807, 2.05) is 0 Å². The lowest BCUT2D eigenvalue weighted by molar-refractivity contribution is 0.0874. The van der Waals surface area contributed by atoms with Gasteiger partial charge in [0.2, 0.25) is 0 Å². The van der Waals surface area contributed by atoms with Gasteiger partial charge in [-0.3, -0.25) is 9.78 Å². The average molecular weight is 316 g/mol. The van der Waals surface area contributed by atoms with Crippen LogP contribution in [-0.2, 0) is 0 Å². The average Bonchev–Trinajstić information content (AvgIpc) is 2.54. The van der Waals surface area contributed by atoms with E-state index in [0.717, 1.165) is 25.7 Å². The third-order valence-electron chi connectivity index (χ3n) is 4.60. The van der Waals surface area contributed by atoms with Gasteiger partial charge in [0.25, 0.3) is 5.91 Å². The van der Waals surface area contributed by atoms with E-state index in [2.05, 4.69) is 10.3 Å². The van der Waals surface area contributed by atoms with Crippen LogP contribution in [0.25, 0.3) is 10.9 Å². The second kappa shape index (κ2) is 6.62. The fraction of sp³-hybridized carbons (Fsp3) is 0.444. The summed E-state index contributed by atoms with van der Waals surface area (Å²) in [4.78, 5) is 17.0. The molecule has 0 aliphatic heterocycles. The summed E-state index contributed by atoms with van der Waals surface area (Å²) in [7, 11) is 0. The Kier molecular flexibility index (Phi) is 4.57. The van der Waals surface area contributed by atoms with Crippen molar-refractivity contribution in [3.63, 3.8) is 0 Å². The normalized spacial score (nSPS) is 21.3. The van der Waals surface area contributed by atoms with E-state index >= 15 is 0 Å². The van der Waals surface area contributed by atoms with E-state index in [-0.39, 0.29) is 30.3 Å². The Morgan fingerprint density at radius 3 is 2.91 bits per heavy atom. The van der Waals surface area contributed by atoms with Gasteiger partial charge >= 0.3 is 0 Å². The summed E-state index contributed by atoms with van der Waals surface area (Å²) in [6.07, 6.45) is 3.97. The van der Waals surface area contributed by atoms with Crippen LogP contribution >= 0.6 is 0 Å². The maximum absolute atomic E-state index is 13.4. The van der Waals surface area contributed by atoms with Gasteiger partial charge in [0.15, 0.2) is 0 Å². The Labute approximate surface area is 134 Å². The molecule has 1 aromatic carbocycles. The summed E-state index contributed by atoms with van der Waals surface area (Å²) in [6, 6.07) is 6.00. The number of amides is 1. The van der Waals surface area contributed by atoms with Crippen molar-refractivity contribution in [1.29, 1.82) is 0 Å². The van der Waals surface area contributed by atoms with Crippen LogP contribution in [0.2, 0.25) is 0 Å². The predicted octanol–water partition coefficient (Wildman–Crippen LogP) is 2.96. The van der Waals surface area contributed by atoms with E-state index in [4.69, 9.17) is 0 Å². The number of aliphatic hydroxyl groups excluding tert-OH is 1. The Balaban J connectivity index is 1.91. The molecule has 1 saturated carbocycles. The molecule has 23 heavy (non-hydrogen) atoms. The highest BCUT2D eigenvalue weighted by atomic mass is 19.1. The number of nitrogens with one attached hydrogen (secondary N) is 1. The van der Waals surface area contributed by atoms with Gasteiger partial charge in [-0.2, -0.15) is 0 Å². The summed E-state index contributed by atoms with van der Waals surface area (Å²) in [5.74, 6) is -0.439. The van der Waals surface area contributed by atoms with Gasteiger partial charge < -0.3 is 10.4 Å². The van der Waals surface area contributed by atoms with Crippen molar-refractivity contribution >= 4 is 16.8 Å². The van der Waals surface area contributed by atoms with Crippen LogP contribution in [-0.4, -0.2) is 28.6 Å². The summed E-state index contributed by atoms with van der Waals surface area (Å²) < 4.78 is 13.4. The van der Waals surface area contributed by atoms with Gasteiger partial charge in [0.05, 0.1) is 11.1 Å². The number of aryl methyl sites for hydroxylation is 1. The number of aromatic nitrogens is 1. The van der Waals surface area contributed by atoms with Crippen LogP contribution in [0, 0.1) is 18.7 Å². The summed E-state index contributed by atoms with van der Waals surface area (Å²) >= 11 is 0. The number of rotatable bonds is 3. The zero-order valence-electron chi connectivity index (χ0n) is 13.2. The van der Waals surface area contributed by atoms with E-state index in [0.29, 0.717) is 22.2 Å². The molecule has 1 amide bonds. The van der Waals surface area contributed by atoms with Crippen LogP contribution < -0.4 is 5.32 Å². The maximum atomic E-state index is 13.4. The number of aliphatic hydroxyl groups is 1. The summed E-state index contributed by atoms with van der Waals surface area (Å²) in [5.41, 5.74) is 1.67. The second-order valence-corrected chi connectivity index (χ2v) is 6.28. The van der Waals surface area contributed by atoms with E-state index in [1.165, 1.54) is 12.1 Å². The number of nitrogens with zero attached hydrogens (tertiary/aromatic N) is 1. The van der Waals surface area contributed by atoms with Gasteiger partial charge in [-0.25, -0.2) is 4.39 Å². The SMILES string of the molecule is Cc1cc(C(=O)NC2CCCCC2CO)c2ccc(F)cc2n1. The molecule has 0 spiro atoms. The quantitative estimate of drug-likeness (QED) is 0.915. The van der Waals surface area contributed by atoms with E-state index < -0.39 is 0 Å². The minimum atomic E-state index is -0.366. The number of carbonyl (C=O) groups excluding carboxylic acids is 1. The fourth-order valence-corrected chi connectivity index (χ4v) is 3.38. The molecule has 1 aromatic heterocycles. The lowest BCUT2D eigenvalue weighted by Crippen LogP contribution is -2.43. The zero-order valence-corrected chi connectivity index (χ0v) is 13.2. The Morgan fingerprint density at radius 2 is 2.13 bits per heavy atom. The minimum Gasteiger partial charge on any atom is -0.396 e. The van der Waals surface area contributed by atoms with Crippen molar-refractivity contribution in [2.24, 2.45) is 5.92 Å². The molecule has 2 unspecified atom stereocenters. The summed E-state index contributed by atoms with van der Waals surface area (Å²) in [5, 5.41) is 13.2. The third-order valence-corrected chi connectivity index (χ3v) is 4.60. The molecule has 1 aliphatic rings. The first-order valence-corrected chi connectivity index (χ1v) is 8.07. The Bertz CT molecular complexity index is 727. The molecule has 0 radical (unpaired) electrons. The molecule has 5 heteroatoms.